The standard InChI is InChI=1S/C19H21N3O4/c1-21-16-10-6-5-9-15(16)19(25)26-13-18(24)22(12-11-17(20)23)14-7-3-2-4-8-14/h2-10,21H,11-13H2,1H3,(H2,20,23). The smallest absolute Gasteiger partial charge is 0.340 e. The highest BCUT2D eigenvalue weighted by molar-refractivity contribution is 5.99. The fraction of sp³-hybridized carbons (Fsp3) is 0.211. The number of benzene rings is 2. The van der Waals surface area contributed by atoms with Crippen molar-refractivity contribution in [3.05, 3.63) is 60.2 Å². The Morgan fingerprint density at radius 1 is 1.04 bits per heavy atom. The van der Waals surface area contributed by atoms with Gasteiger partial charge < -0.3 is 20.7 Å². The highest BCUT2D eigenvalue weighted by Crippen LogP contribution is 2.17. The summed E-state index contributed by atoms with van der Waals surface area (Å²) in [5.41, 5.74) is 6.73. The molecular formula is C19H21N3O4. The molecule has 136 valence electrons. The highest BCUT2D eigenvalue weighted by atomic mass is 16.5. The number of nitrogens with one attached hydrogen (secondary N) is 1. The Labute approximate surface area is 151 Å². The van der Waals surface area contributed by atoms with Crippen LogP contribution in [0.2, 0.25) is 0 Å². The van der Waals surface area contributed by atoms with E-state index in [2.05, 4.69) is 5.32 Å². The van der Waals surface area contributed by atoms with Crippen LogP contribution in [0, 0.1) is 0 Å². The summed E-state index contributed by atoms with van der Waals surface area (Å²) < 4.78 is 5.16. The number of esters is 1. The van der Waals surface area contributed by atoms with Crippen molar-refractivity contribution >= 4 is 29.2 Å². The average Bonchev–Trinajstić information content (AvgIpc) is 2.66. The molecule has 7 heteroatoms. The molecule has 0 aliphatic carbocycles. The summed E-state index contributed by atoms with van der Waals surface area (Å²) >= 11 is 0. The molecule has 26 heavy (non-hydrogen) atoms. The number of nitrogens with two attached hydrogens (primary N) is 1. The third-order valence-corrected chi connectivity index (χ3v) is 3.69. The fourth-order valence-corrected chi connectivity index (χ4v) is 2.39. The Hall–Kier alpha value is -3.35. The van der Waals surface area contributed by atoms with E-state index in [0.717, 1.165) is 0 Å². The van der Waals surface area contributed by atoms with Gasteiger partial charge in [0.05, 0.1) is 5.56 Å². The molecule has 2 rings (SSSR count). The van der Waals surface area contributed by atoms with Gasteiger partial charge in [-0.25, -0.2) is 4.79 Å². The normalized spacial score (nSPS) is 10.0. The number of primary amides is 1. The maximum absolute atomic E-state index is 12.5. The first-order chi connectivity index (χ1) is 12.5. The molecule has 2 amide bonds. The molecule has 0 aromatic heterocycles. The predicted octanol–water partition coefficient (Wildman–Crippen LogP) is 1.79. The molecule has 0 fully saturated rings. The summed E-state index contributed by atoms with van der Waals surface area (Å²) in [6.45, 7) is -0.326. The first-order valence-electron chi connectivity index (χ1n) is 8.10. The first-order valence-corrected chi connectivity index (χ1v) is 8.10. The van der Waals surface area contributed by atoms with E-state index in [1.807, 2.05) is 6.07 Å². The van der Waals surface area contributed by atoms with Crippen LogP contribution in [0.3, 0.4) is 0 Å². The third-order valence-electron chi connectivity index (χ3n) is 3.69. The molecule has 0 heterocycles. The molecule has 0 aliphatic rings. The highest BCUT2D eigenvalue weighted by Gasteiger charge is 2.19. The predicted molar refractivity (Wildman–Crippen MR) is 98.9 cm³/mol. The number of amides is 2. The van der Waals surface area contributed by atoms with Gasteiger partial charge in [0, 0.05) is 31.4 Å². The van der Waals surface area contributed by atoms with Crippen LogP contribution in [-0.4, -0.2) is 38.0 Å². The van der Waals surface area contributed by atoms with Gasteiger partial charge in [0.15, 0.2) is 6.61 Å². The summed E-state index contributed by atoms with van der Waals surface area (Å²) in [7, 11) is 1.69. The van der Waals surface area contributed by atoms with Crippen molar-refractivity contribution in [2.75, 3.05) is 30.4 Å². The van der Waals surface area contributed by atoms with Crippen molar-refractivity contribution < 1.29 is 19.1 Å². The lowest BCUT2D eigenvalue weighted by atomic mass is 10.2. The molecule has 2 aromatic rings. The van der Waals surface area contributed by atoms with Gasteiger partial charge >= 0.3 is 5.97 Å². The van der Waals surface area contributed by atoms with Gasteiger partial charge in [-0.15, -0.1) is 0 Å². The van der Waals surface area contributed by atoms with Crippen molar-refractivity contribution in [1.82, 2.24) is 0 Å². The van der Waals surface area contributed by atoms with E-state index in [1.165, 1.54) is 4.90 Å². The molecule has 0 unspecified atom stereocenters. The number of nitrogens with zero attached hydrogens (tertiary/aromatic N) is 1. The molecule has 7 nitrogen and oxygen atoms in total. The quantitative estimate of drug-likeness (QED) is 0.703. The van der Waals surface area contributed by atoms with Gasteiger partial charge in [0.2, 0.25) is 5.91 Å². The van der Waals surface area contributed by atoms with Crippen LogP contribution in [-0.2, 0) is 14.3 Å². The minimum Gasteiger partial charge on any atom is -0.452 e. The van der Waals surface area contributed by atoms with Crippen LogP contribution in [0.25, 0.3) is 0 Å². The Morgan fingerprint density at radius 2 is 1.69 bits per heavy atom. The number of rotatable bonds is 8. The fourth-order valence-electron chi connectivity index (χ4n) is 2.39. The summed E-state index contributed by atoms with van der Waals surface area (Å²) in [6, 6.07) is 15.7. The van der Waals surface area contributed by atoms with Gasteiger partial charge in [-0.2, -0.15) is 0 Å². The molecule has 0 radical (unpaired) electrons. The number of para-hydroxylation sites is 2. The van der Waals surface area contributed by atoms with Crippen LogP contribution in [0.4, 0.5) is 11.4 Å². The lowest BCUT2D eigenvalue weighted by molar-refractivity contribution is -0.121. The molecule has 0 saturated heterocycles. The lowest BCUT2D eigenvalue weighted by Gasteiger charge is -2.22. The van der Waals surface area contributed by atoms with E-state index >= 15 is 0 Å². The first kappa shape index (κ1) is 19.0. The molecular weight excluding hydrogens is 334 g/mol. The second-order valence-electron chi connectivity index (χ2n) is 5.47. The number of carbonyl (C=O) groups is 3. The lowest BCUT2D eigenvalue weighted by Crippen LogP contribution is -2.37. The molecule has 0 aliphatic heterocycles. The van der Waals surface area contributed by atoms with E-state index < -0.39 is 24.4 Å². The van der Waals surface area contributed by atoms with Gasteiger partial charge in [-0.1, -0.05) is 30.3 Å². The van der Waals surface area contributed by atoms with Gasteiger partial charge in [0.25, 0.3) is 5.91 Å². The van der Waals surface area contributed by atoms with Crippen LogP contribution < -0.4 is 16.0 Å². The van der Waals surface area contributed by atoms with Crippen LogP contribution in [0.1, 0.15) is 16.8 Å². The Morgan fingerprint density at radius 3 is 2.35 bits per heavy atom. The minimum absolute atomic E-state index is 0.0111. The van der Waals surface area contributed by atoms with Gasteiger partial charge in [-0.05, 0) is 24.3 Å². The van der Waals surface area contributed by atoms with Crippen molar-refractivity contribution in [2.45, 2.75) is 6.42 Å². The molecule has 0 spiro atoms. The van der Waals surface area contributed by atoms with Crippen molar-refractivity contribution in [3.63, 3.8) is 0 Å². The van der Waals surface area contributed by atoms with Crippen LogP contribution >= 0.6 is 0 Å². The zero-order valence-corrected chi connectivity index (χ0v) is 14.5. The Kier molecular flexibility index (Phi) is 6.73. The van der Waals surface area contributed by atoms with E-state index in [-0.39, 0.29) is 13.0 Å². The largest absolute Gasteiger partial charge is 0.452 e. The monoisotopic (exact) mass is 355 g/mol. The zero-order chi connectivity index (χ0) is 18.9. The topological polar surface area (TPSA) is 102 Å². The Bertz CT molecular complexity index is 777. The third kappa shape index (κ3) is 5.07. The second kappa shape index (κ2) is 9.22. The summed E-state index contributed by atoms with van der Waals surface area (Å²) in [5, 5.41) is 2.90. The van der Waals surface area contributed by atoms with E-state index in [4.69, 9.17) is 10.5 Å². The average molecular weight is 355 g/mol. The maximum Gasteiger partial charge on any atom is 0.340 e. The molecule has 3 N–H and O–H groups in total. The number of anilines is 2. The van der Waals surface area contributed by atoms with Crippen molar-refractivity contribution in [1.29, 1.82) is 0 Å². The number of carbonyl (C=O) groups excluding carboxylic acids is 3. The number of ether oxygens (including phenoxy) is 1. The molecule has 0 atom stereocenters. The number of hydrogen-bond acceptors (Lipinski definition) is 5. The van der Waals surface area contributed by atoms with E-state index in [0.29, 0.717) is 16.9 Å². The number of hydrogen-bond donors (Lipinski definition) is 2. The van der Waals surface area contributed by atoms with Crippen LogP contribution in [0.5, 0.6) is 0 Å². The summed E-state index contributed by atoms with van der Waals surface area (Å²) in [4.78, 5) is 37.2. The summed E-state index contributed by atoms with van der Waals surface area (Å²) in [5.74, 6) is -1.56. The van der Waals surface area contributed by atoms with Crippen LogP contribution in [0.15, 0.2) is 54.6 Å². The van der Waals surface area contributed by atoms with Gasteiger partial charge in [-0.3, -0.25) is 9.59 Å². The minimum atomic E-state index is -0.605. The molecule has 0 saturated carbocycles. The van der Waals surface area contributed by atoms with E-state index in [9.17, 15) is 14.4 Å². The van der Waals surface area contributed by atoms with E-state index in [1.54, 1.807) is 55.6 Å². The molecule has 0 bridgehead atoms. The van der Waals surface area contributed by atoms with Crippen molar-refractivity contribution in [2.24, 2.45) is 5.73 Å². The second-order valence-corrected chi connectivity index (χ2v) is 5.47. The van der Waals surface area contributed by atoms with Gasteiger partial charge in [0.1, 0.15) is 0 Å². The maximum atomic E-state index is 12.5. The summed E-state index contributed by atoms with van der Waals surface area (Å²) in [6.07, 6.45) is 0.0111. The molecule has 2 aromatic carbocycles. The van der Waals surface area contributed by atoms with Crippen molar-refractivity contribution in [3.8, 4) is 0 Å². The Balaban J connectivity index is 2.06. The zero-order valence-electron chi connectivity index (χ0n) is 14.5. The SMILES string of the molecule is CNc1ccccc1C(=O)OCC(=O)N(CCC(N)=O)c1ccccc1.